The predicted molar refractivity (Wildman–Crippen MR) is 58.1 cm³/mol. The lowest BCUT2D eigenvalue weighted by atomic mass is 10.1. The van der Waals surface area contributed by atoms with Gasteiger partial charge in [0.25, 0.3) is 0 Å². The lowest BCUT2D eigenvalue weighted by molar-refractivity contribution is -0.134. The average Bonchev–Trinajstić information content (AvgIpc) is 2.20. The third-order valence-corrected chi connectivity index (χ3v) is 4.37. The molecule has 1 unspecified atom stereocenters. The minimum atomic E-state index is -2.99. The first-order valence-electron chi connectivity index (χ1n) is 5.21. The maximum absolute atomic E-state index is 11.5. The van der Waals surface area contributed by atoms with E-state index in [4.69, 9.17) is 5.73 Å². The third kappa shape index (κ3) is 3.46. The first-order valence-corrected chi connectivity index (χ1v) is 7.03. The number of piperidine rings is 1. The number of hydrogen-bond acceptors (Lipinski definition) is 4. The molecule has 15 heavy (non-hydrogen) atoms. The molecular formula is C9H18N2O3S. The Hall–Kier alpha value is -0.620. The van der Waals surface area contributed by atoms with Crippen LogP contribution in [0.1, 0.15) is 19.8 Å². The molecule has 0 aliphatic carbocycles. The first kappa shape index (κ1) is 12.4. The van der Waals surface area contributed by atoms with Gasteiger partial charge in [-0.1, -0.05) is 6.92 Å². The van der Waals surface area contributed by atoms with Gasteiger partial charge in [0.1, 0.15) is 0 Å². The van der Waals surface area contributed by atoms with Crippen molar-refractivity contribution in [3.8, 4) is 0 Å². The van der Waals surface area contributed by atoms with Gasteiger partial charge in [0.2, 0.25) is 5.91 Å². The molecule has 0 aromatic carbocycles. The summed E-state index contributed by atoms with van der Waals surface area (Å²) in [7, 11) is -2.99. The molecular weight excluding hydrogens is 216 g/mol. The number of sulfone groups is 1. The number of likely N-dealkylation sites (tertiary alicyclic amines) is 1. The van der Waals surface area contributed by atoms with Gasteiger partial charge in [-0.25, -0.2) is 8.42 Å². The van der Waals surface area contributed by atoms with Crippen LogP contribution in [-0.2, 0) is 14.6 Å². The topological polar surface area (TPSA) is 80.5 Å². The van der Waals surface area contributed by atoms with E-state index in [0.29, 0.717) is 13.0 Å². The maximum Gasteiger partial charge on any atom is 0.239 e. The van der Waals surface area contributed by atoms with Crippen LogP contribution >= 0.6 is 0 Å². The molecule has 1 saturated heterocycles. The Labute approximate surface area is 90.5 Å². The standard InChI is InChI=1S/C9H18N2O3S/c1-2-15(13,14)7-6-11-5-3-4-8(10)9(11)12/h8H,2-7,10H2,1H3. The zero-order valence-corrected chi connectivity index (χ0v) is 9.79. The van der Waals surface area contributed by atoms with Crippen molar-refractivity contribution in [3.05, 3.63) is 0 Å². The SMILES string of the molecule is CCS(=O)(=O)CCN1CCCC(N)C1=O. The van der Waals surface area contributed by atoms with Crippen molar-refractivity contribution in [2.24, 2.45) is 5.73 Å². The third-order valence-electron chi connectivity index (χ3n) is 2.68. The number of nitrogens with zero attached hydrogens (tertiary/aromatic N) is 1. The summed E-state index contributed by atoms with van der Waals surface area (Å²) in [4.78, 5) is 13.1. The molecule has 0 aromatic heterocycles. The molecule has 6 heteroatoms. The van der Waals surface area contributed by atoms with Gasteiger partial charge in [-0.05, 0) is 12.8 Å². The van der Waals surface area contributed by atoms with Crippen LogP contribution in [0.5, 0.6) is 0 Å². The van der Waals surface area contributed by atoms with Crippen molar-refractivity contribution in [1.29, 1.82) is 0 Å². The summed E-state index contributed by atoms with van der Waals surface area (Å²) in [6, 6.07) is -0.442. The molecule has 1 atom stereocenters. The van der Waals surface area contributed by atoms with E-state index in [9.17, 15) is 13.2 Å². The van der Waals surface area contributed by atoms with Gasteiger partial charge >= 0.3 is 0 Å². The van der Waals surface area contributed by atoms with Gasteiger partial charge in [0, 0.05) is 18.8 Å². The number of carbonyl (C=O) groups is 1. The fourth-order valence-corrected chi connectivity index (χ4v) is 2.37. The summed E-state index contributed by atoms with van der Waals surface area (Å²) < 4.78 is 22.5. The van der Waals surface area contributed by atoms with E-state index in [0.717, 1.165) is 6.42 Å². The second-order valence-corrected chi connectivity index (χ2v) is 6.28. The molecule has 1 aliphatic rings. The van der Waals surface area contributed by atoms with E-state index in [1.165, 1.54) is 0 Å². The normalized spacial score (nSPS) is 23.2. The van der Waals surface area contributed by atoms with E-state index in [1.807, 2.05) is 0 Å². The number of hydrogen-bond donors (Lipinski definition) is 1. The summed E-state index contributed by atoms with van der Waals surface area (Å²) in [5.41, 5.74) is 5.60. The van der Waals surface area contributed by atoms with Crippen molar-refractivity contribution >= 4 is 15.7 Å². The Morgan fingerprint density at radius 3 is 2.80 bits per heavy atom. The highest BCUT2D eigenvalue weighted by Crippen LogP contribution is 2.09. The van der Waals surface area contributed by atoms with E-state index < -0.39 is 15.9 Å². The van der Waals surface area contributed by atoms with E-state index in [-0.39, 0.29) is 24.0 Å². The van der Waals surface area contributed by atoms with Gasteiger partial charge in [-0.15, -0.1) is 0 Å². The van der Waals surface area contributed by atoms with Gasteiger partial charge < -0.3 is 10.6 Å². The van der Waals surface area contributed by atoms with Gasteiger partial charge in [0.05, 0.1) is 11.8 Å². The largest absolute Gasteiger partial charge is 0.340 e. The summed E-state index contributed by atoms with van der Waals surface area (Å²) in [5, 5.41) is 0. The Bertz CT molecular complexity index is 326. The highest BCUT2D eigenvalue weighted by atomic mass is 32.2. The zero-order valence-electron chi connectivity index (χ0n) is 8.98. The minimum absolute atomic E-state index is 0.0436. The molecule has 1 amide bonds. The summed E-state index contributed by atoms with van der Waals surface area (Å²) >= 11 is 0. The quantitative estimate of drug-likeness (QED) is 0.702. The fraction of sp³-hybridized carbons (Fsp3) is 0.889. The highest BCUT2D eigenvalue weighted by molar-refractivity contribution is 7.91. The minimum Gasteiger partial charge on any atom is -0.340 e. The average molecular weight is 234 g/mol. The maximum atomic E-state index is 11.5. The molecule has 0 saturated carbocycles. The number of amides is 1. The molecule has 1 rings (SSSR count). The number of carbonyl (C=O) groups excluding carboxylic acids is 1. The second-order valence-electron chi connectivity index (χ2n) is 3.81. The molecule has 1 aliphatic heterocycles. The monoisotopic (exact) mass is 234 g/mol. The van der Waals surface area contributed by atoms with Crippen molar-refractivity contribution in [2.75, 3.05) is 24.6 Å². The van der Waals surface area contributed by atoms with Crippen LogP contribution in [0.4, 0.5) is 0 Å². The first-order chi connectivity index (χ1) is 6.96. The Morgan fingerprint density at radius 2 is 2.20 bits per heavy atom. The van der Waals surface area contributed by atoms with E-state index >= 15 is 0 Å². The van der Waals surface area contributed by atoms with Gasteiger partial charge in [-0.2, -0.15) is 0 Å². The predicted octanol–water partition coefficient (Wildman–Crippen LogP) is -0.629. The van der Waals surface area contributed by atoms with Gasteiger partial charge in [0.15, 0.2) is 9.84 Å². The Balaban J connectivity index is 2.48. The molecule has 1 fully saturated rings. The smallest absolute Gasteiger partial charge is 0.239 e. The number of rotatable bonds is 4. The lowest BCUT2D eigenvalue weighted by Crippen LogP contribution is -2.49. The van der Waals surface area contributed by atoms with Crippen LogP contribution in [0.25, 0.3) is 0 Å². The molecule has 0 bridgehead atoms. The van der Waals surface area contributed by atoms with Crippen molar-refractivity contribution in [3.63, 3.8) is 0 Å². The zero-order chi connectivity index (χ0) is 11.5. The molecule has 2 N–H and O–H groups in total. The van der Waals surface area contributed by atoms with Crippen LogP contribution in [0.2, 0.25) is 0 Å². The molecule has 0 spiro atoms. The molecule has 88 valence electrons. The highest BCUT2D eigenvalue weighted by Gasteiger charge is 2.26. The summed E-state index contributed by atoms with van der Waals surface area (Å²) in [6.45, 7) is 2.52. The summed E-state index contributed by atoms with van der Waals surface area (Å²) in [6.07, 6.45) is 1.56. The van der Waals surface area contributed by atoms with Crippen molar-refractivity contribution in [2.45, 2.75) is 25.8 Å². The van der Waals surface area contributed by atoms with Crippen LogP contribution in [0.15, 0.2) is 0 Å². The van der Waals surface area contributed by atoms with E-state index in [2.05, 4.69) is 0 Å². The van der Waals surface area contributed by atoms with Crippen LogP contribution < -0.4 is 5.73 Å². The van der Waals surface area contributed by atoms with Crippen molar-refractivity contribution in [1.82, 2.24) is 4.90 Å². The van der Waals surface area contributed by atoms with Crippen LogP contribution in [0, 0.1) is 0 Å². The Kier molecular flexibility index (Phi) is 4.10. The Morgan fingerprint density at radius 1 is 1.53 bits per heavy atom. The van der Waals surface area contributed by atoms with Crippen LogP contribution in [0.3, 0.4) is 0 Å². The molecule has 1 heterocycles. The van der Waals surface area contributed by atoms with Crippen LogP contribution in [-0.4, -0.2) is 49.9 Å². The molecule has 5 nitrogen and oxygen atoms in total. The fourth-order valence-electron chi connectivity index (χ4n) is 1.59. The number of nitrogens with two attached hydrogens (primary N) is 1. The molecule has 0 radical (unpaired) electrons. The molecule has 0 aromatic rings. The summed E-state index contributed by atoms with van der Waals surface area (Å²) in [5.74, 6) is 0.0517. The van der Waals surface area contributed by atoms with Crippen molar-refractivity contribution < 1.29 is 13.2 Å². The van der Waals surface area contributed by atoms with E-state index in [1.54, 1.807) is 11.8 Å². The van der Waals surface area contributed by atoms with Gasteiger partial charge in [-0.3, -0.25) is 4.79 Å². The second kappa shape index (κ2) is 4.94. The lowest BCUT2D eigenvalue weighted by Gasteiger charge is -2.30.